The predicted octanol–water partition coefficient (Wildman–Crippen LogP) is 2.22. The number of nitrogens with zero attached hydrogens (tertiary/aromatic N) is 2. The van der Waals surface area contributed by atoms with E-state index in [1.165, 1.54) is 11.8 Å². The van der Waals surface area contributed by atoms with Gasteiger partial charge >= 0.3 is 0 Å². The van der Waals surface area contributed by atoms with Crippen LogP contribution >= 0.6 is 11.8 Å². The molecule has 2 heterocycles. The van der Waals surface area contributed by atoms with Gasteiger partial charge in [0.2, 0.25) is 5.91 Å². The number of hydrogen-bond donors (Lipinski definition) is 1. The second-order valence-corrected chi connectivity index (χ2v) is 6.49. The van der Waals surface area contributed by atoms with Gasteiger partial charge in [-0.05, 0) is 31.5 Å². The first-order valence-electron chi connectivity index (χ1n) is 7.11. The third-order valence-electron chi connectivity index (χ3n) is 3.66. The van der Waals surface area contributed by atoms with E-state index >= 15 is 0 Å². The van der Waals surface area contributed by atoms with Crippen LogP contribution in [0.2, 0.25) is 0 Å². The number of aryl methyl sites for hydroxylation is 2. The van der Waals surface area contributed by atoms with Crippen LogP contribution in [0.25, 0.3) is 0 Å². The maximum absolute atomic E-state index is 12.4. The van der Waals surface area contributed by atoms with Crippen LogP contribution in [-0.2, 0) is 11.3 Å². The summed E-state index contributed by atoms with van der Waals surface area (Å²) in [5, 5.41) is 3.62. The highest BCUT2D eigenvalue weighted by Crippen LogP contribution is 2.25. The molecular formula is C16H17N3O2S. The minimum absolute atomic E-state index is 0.0582. The smallest absolute Gasteiger partial charge is 0.257 e. The van der Waals surface area contributed by atoms with E-state index in [0.717, 1.165) is 11.3 Å². The molecule has 0 saturated heterocycles. The standard InChI is InChI=1S/C16H17N3O2S/c1-10-4-3-5-13(6-10)18-14(20)12-8-19-15(21)11(2)7-17-16(19)22-9-12/h3-7,12H,8-9H2,1-2H3,(H,18,20). The summed E-state index contributed by atoms with van der Waals surface area (Å²) in [5.74, 6) is 0.337. The zero-order valence-electron chi connectivity index (χ0n) is 12.5. The molecule has 1 N–H and O–H groups in total. The van der Waals surface area contributed by atoms with E-state index in [1.807, 2.05) is 31.2 Å². The van der Waals surface area contributed by atoms with Gasteiger partial charge in [-0.15, -0.1) is 0 Å². The van der Waals surface area contributed by atoms with Crippen LogP contribution in [0.4, 0.5) is 5.69 Å². The highest BCUT2D eigenvalue weighted by Gasteiger charge is 2.27. The minimum atomic E-state index is -0.237. The van der Waals surface area contributed by atoms with Gasteiger partial charge in [-0.25, -0.2) is 4.98 Å². The molecule has 1 atom stereocenters. The van der Waals surface area contributed by atoms with Crippen molar-refractivity contribution < 1.29 is 4.79 Å². The number of fused-ring (bicyclic) bond motifs is 1. The van der Waals surface area contributed by atoms with Gasteiger partial charge in [0.05, 0.1) is 5.92 Å². The van der Waals surface area contributed by atoms with E-state index in [9.17, 15) is 9.59 Å². The lowest BCUT2D eigenvalue weighted by Gasteiger charge is -2.24. The summed E-state index contributed by atoms with van der Waals surface area (Å²) in [6, 6.07) is 7.69. The van der Waals surface area contributed by atoms with Crippen molar-refractivity contribution in [1.29, 1.82) is 0 Å². The fourth-order valence-electron chi connectivity index (χ4n) is 2.43. The fraction of sp³-hybridized carbons (Fsp3) is 0.312. The van der Waals surface area contributed by atoms with Gasteiger partial charge < -0.3 is 5.32 Å². The Morgan fingerprint density at radius 2 is 2.23 bits per heavy atom. The second-order valence-electron chi connectivity index (χ2n) is 5.51. The van der Waals surface area contributed by atoms with E-state index in [1.54, 1.807) is 17.7 Å². The average Bonchev–Trinajstić information content (AvgIpc) is 2.51. The number of rotatable bonds is 2. The maximum atomic E-state index is 12.4. The quantitative estimate of drug-likeness (QED) is 0.863. The van der Waals surface area contributed by atoms with Crippen molar-refractivity contribution in [3.63, 3.8) is 0 Å². The highest BCUT2D eigenvalue weighted by atomic mass is 32.2. The van der Waals surface area contributed by atoms with Crippen LogP contribution in [0.1, 0.15) is 11.1 Å². The van der Waals surface area contributed by atoms with Gasteiger partial charge in [-0.2, -0.15) is 0 Å². The molecule has 5 nitrogen and oxygen atoms in total. The van der Waals surface area contributed by atoms with Crippen molar-refractivity contribution in [1.82, 2.24) is 9.55 Å². The molecule has 0 aliphatic carbocycles. The van der Waals surface area contributed by atoms with Crippen LogP contribution < -0.4 is 10.9 Å². The second kappa shape index (κ2) is 5.96. The number of carbonyl (C=O) groups excluding carboxylic acids is 1. The van der Waals surface area contributed by atoms with Crippen molar-refractivity contribution >= 4 is 23.4 Å². The van der Waals surface area contributed by atoms with Gasteiger partial charge in [0.25, 0.3) is 5.56 Å². The molecule has 0 bridgehead atoms. The summed E-state index contributed by atoms with van der Waals surface area (Å²) in [6.45, 7) is 4.10. The van der Waals surface area contributed by atoms with E-state index in [4.69, 9.17) is 0 Å². The molecular weight excluding hydrogens is 298 g/mol. The number of amides is 1. The predicted molar refractivity (Wildman–Crippen MR) is 87.3 cm³/mol. The first-order valence-corrected chi connectivity index (χ1v) is 8.10. The summed E-state index contributed by atoms with van der Waals surface area (Å²) in [4.78, 5) is 28.9. The fourth-order valence-corrected chi connectivity index (χ4v) is 3.47. The average molecular weight is 315 g/mol. The zero-order chi connectivity index (χ0) is 15.7. The molecule has 0 fully saturated rings. The maximum Gasteiger partial charge on any atom is 0.257 e. The van der Waals surface area contributed by atoms with E-state index in [0.29, 0.717) is 23.0 Å². The Hall–Kier alpha value is -2.08. The molecule has 2 aromatic rings. The molecule has 1 aromatic heterocycles. The first-order chi connectivity index (χ1) is 10.5. The number of nitrogens with one attached hydrogen (secondary N) is 1. The first kappa shape index (κ1) is 14.8. The SMILES string of the molecule is Cc1cccc(NC(=O)C2CSc3ncc(C)c(=O)n3C2)c1. The number of carbonyl (C=O) groups is 1. The van der Waals surface area contributed by atoms with Crippen molar-refractivity contribution in [2.24, 2.45) is 5.92 Å². The van der Waals surface area contributed by atoms with Gasteiger partial charge in [0, 0.05) is 29.7 Å². The summed E-state index contributed by atoms with van der Waals surface area (Å²) in [5.41, 5.74) is 2.42. The Bertz CT molecular complexity index is 785. The van der Waals surface area contributed by atoms with Gasteiger partial charge in [0.15, 0.2) is 5.16 Å². The molecule has 22 heavy (non-hydrogen) atoms. The van der Waals surface area contributed by atoms with Crippen LogP contribution in [0.5, 0.6) is 0 Å². The van der Waals surface area contributed by atoms with Crippen molar-refractivity contribution in [3.05, 3.63) is 51.9 Å². The molecule has 1 aromatic carbocycles. The Labute approximate surface area is 132 Å². The molecule has 0 spiro atoms. The molecule has 6 heteroatoms. The summed E-state index contributed by atoms with van der Waals surface area (Å²) in [7, 11) is 0. The van der Waals surface area contributed by atoms with Gasteiger partial charge in [-0.3, -0.25) is 14.2 Å². The number of anilines is 1. The molecule has 1 unspecified atom stereocenters. The molecule has 1 aliphatic heterocycles. The molecule has 1 amide bonds. The summed E-state index contributed by atoms with van der Waals surface area (Å²) >= 11 is 1.45. The van der Waals surface area contributed by atoms with Crippen molar-refractivity contribution in [2.45, 2.75) is 25.5 Å². The topological polar surface area (TPSA) is 64.0 Å². The molecule has 0 saturated carbocycles. The third-order valence-corrected chi connectivity index (χ3v) is 4.81. The highest BCUT2D eigenvalue weighted by molar-refractivity contribution is 7.99. The normalized spacial score (nSPS) is 16.9. The number of thioether (sulfide) groups is 1. The Morgan fingerprint density at radius 3 is 3.00 bits per heavy atom. The van der Waals surface area contributed by atoms with Crippen molar-refractivity contribution in [3.8, 4) is 0 Å². The van der Waals surface area contributed by atoms with Crippen molar-refractivity contribution in [2.75, 3.05) is 11.1 Å². The third kappa shape index (κ3) is 2.92. The van der Waals surface area contributed by atoms with Crippen LogP contribution in [0, 0.1) is 19.8 Å². The lowest BCUT2D eigenvalue weighted by Crippen LogP contribution is -2.37. The van der Waals surface area contributed by atoms with Gasteiger partial charge in [-0.1, -0.05) is 23.9 Å². The minimum Gasteiger partial charge on any atom is -0.326 e. The lowest BCUT2D eigenvalue weighted by atomic mass is 10.1. The van der Waals surface area contributed by atoms with Crippen LogP contribution in [-0.4, -0.2) is 21.2 Å². The monoisotopic (exact) mass is 315 g/mol. The van der Waals surface area contributed by atoms with Crippen LogP contribution in [0.15, 0.2) is 40.4 Å². The number of benzene rings is 1. The van der Waals surface area contributed by atoms with E-state index in [2.05, 4.69) is 10.3 Å². The summed E-state index contributed by atoms with van der Waals surface area (Å²) < 4.78 is 1.60. The number of hydrogen-bond acceptors (Lipinski definition) is 4. The largest absolute Gasteiger partial charge is 0.326 e. The van der Waals surface area contributed by atoms with Crippen LogP contribution in [0.3, 0.4) is 0 Å². The molecule has 3 rings (SSSR count). The molecule has 114 valence electrons. The van der Waals surface area contributed by atoms with E-state index in [-0.39, 0.29) is 17.4 Å². The van der Waals surface area contributed by atoms with E-state index < -0.39 is 0 Å². The molecule has 1 aliphatic rings. The Balaban J connectivity index is 1.78. The Kier molecular flexibility index (Phi) is 4.02. The summed E-state index contributed by atoms with van der Waals surface area (Å²) in [6.07, 6.45) is 1.59. The zero-order valence-corrected chi connectivity index (χ0v) is 13.3. The Morgan fingerprint density at radius 1 is 1.41 bits per heavy atom. The molecule has 0 radical (unpaired) electrons. The van der Waals surface area contributed by atoms with Gasteiger partial charge in [0.1, 0.15) is 0 Å². The number of aromatic nitrogens is 2. The lowest BCUT2D eigenvalue weighted by molar-refractivity contribution is -0.119.